The third-order valence-electron chi connectivity index (χ3n) is 3.82. The molecule has 0 aliphatic heterocycles. The van der Waals surface area contributed by atoms with Crippen molar-refractivity contribution < 1.29 is 9.59 Å². The molecule has 0 fully saturated rings. The SMILES string of the molecule is Cc1nc(-c2cccc(C(=O)N(CC(N)=O)Cc3ccccc3)c2)n[nH]1. The number of aromatic nitrogens is 3. The van der Waals surface area contributed by atoms with Gasteiger partial charge in [0.25, 0.3) is 5.91 Å². The van der Waals surface area contributed by atoms with Gasteiger partial charge in [-0.3, -0.25) is 14.7 Å². The van der Waals surface area contributed by atoms with Crippen LogP contribution in [0.25, 0.3) is 11.4 Å². The molecule has 0 aliphatic carbocycles. The Balaban J connectivity index is 1.87. The summed E-state index contributed by atoms with van der Waals surface area (Å²) in [7, 11) is 0. The highest BCUT2D eigenvalue weighted by atomic mass is 16.2. The summed E-state index contributed by atoms with van der Waals surface area (Å²) in [4.78, 5) is 30.1. The van der Waals surface area contributed by atoms with Crippen molar-refractivity contribution >= 4 is 11.8 Å². The van der Waals surface area contributed by atoms with Crippen LogP contribution in [0.5, 0.6) is 0 Å². The summed E-state index contributed by atoms with van der Waals surface area (Å²) in [6.07, 6.45) is 0. The molecule has 3 rings (SSSR count). The third-order valence-corrected chi connectivity index (χ3v) is 3.82. The zero-order valence-corrected chi connectivity index (χ0v) is 14.3. The molecule has 7 nitrogen and oxygen atoms in total. The van der Waals surface area contributed by atoms with E-state index in [1.165, 1.54) is 4.90 Å². The van der Waals surface area contributed by atoms with E-state index in [9.17, 15) is 9.59 Å². The zero-order chi connectivity index (χ0) is 18.5. The molecule has 2 aromatic carbocycles. The van der Waals surface area contributed by atoms with Crippen LogP contribution in [0.2, 0.25) is 0 Å². The molecule has 3 N–H and O–H groups in total. The Morgan fingerprint density at radius 2 is 1.88 bits per heavy atom. The van der Waals surface area contributed by atoms with Gasteiger partial charge in [0.15, 0.2) is 5.82 Å². The maximum absolute atomic E-state index is 12.9. The Labute approximate surface area is 150 Å². The van der Waals surface area contributed by atoms with Crippen molar-refractivity contribution in [1.29, 1.82) is 0 Å². The van der Waals surface area contributed by atoms with Crippen molar-refractivity contribution in [2.45, 2.75) is 13.5 Å². The molecule has 1 aromatic heterocycles. The van der Waals surface area contributed by atoms with Gasteiger partial charge < -0.3 is 10.6 Å². The fraction of sp³-hybridized carbons (Fsp3) is 0.158. The predicted molar refractivity (Wildman–Crippen MR) is 96.9 cm³/mol. The average Bonchev–Trinajstić information content (AvgIpc) is 3.08. The van der Waals surface area contributed by atoms with Crippen LogP contribution in [0, 0.1) is 6.92 Å². The van der Waals surface area contributed by atoms with Crippen LogP contribution in [0.15, 0.2) is 54.6 Å². The van der Waals surface area contributed by atoms with Crippen LogP contribution >= 0.6 is 0 Å². The standard InChI is InChI=1S/C19H19N5O2/c1-13-21-18(23-22-13)15-8-5-9-16(10-15)19(26)24(12-17(20)25)11-14-6-3-2-4-7-14/h2-10H,11-12H2,1H3,(H2,20,25)(H,21,22,23). The van der Waals surface area contributed by atoms with Crippen LogP contribution in [-0.2, 0) is 11.3 Å². The first kappa shape index (κ1) is 17.3. The highest BCUT2D eigenvalue weighted by Crippen LogP contribution is 2.18. The third kappa shape index (κ3) is 4.13. The van der Waals surface area contributed by atoms with Gasteiger partial charge in [0.2, 0.25) is 5.91 Å². The molecular weight excluding hydrogens is 330 g/mol. The second-order valence-corrected chi connectivity index (χ2v) is 5.94. The zero-order valence-electron chi connectivity index (χ0n) is 14.3. The lowest BCUT2D eigenvalue weighted by Gasteiger charge is -2.21. The Kier molecular flexibility index (Phi) is 5.07. The monoisotopic (exact) mass is 349 g/mol. The number of hydrogen-bond acceptors (Lipinski definition) is 4. The number of hydrogen-bond donors (Lipinski definition) is 2. The van der Waals surface area contributed by atoms with E-state index in [1.54, 1.807) is 25.1 Å². The van der Waals surface area contributed by atoms with Crippen molar-refractivity contribution in [3.05, 3.63) is 71.5 Å². The van der Waals surface area contributed by atoms with Crippen molar-refractivity contribution in [3.8, 4) is 11.4 Å². The molecule has 1 heterocycles. The maximum atomic E-state index is 12.9. The molecule has 3 aromatic rings. The molecule has 26 heavy (non-hydrogen) atoms. The number of aryl methyl sites for hydroxylation is 1. The van der Waals surface area contributed by atoms with Gasteiger partial charge in [0.05, 0.1) is 6.54 Å². The van der Waals surface area contributed by atoms with Crippen molar-refractivity contribution in [2.24, 2.45) is 5.73 Å². The summed E-state index contributed by atoms with van der Waals surface area (Å²) in [5.74, 6) is 0.370. The first-order valence-electron chi connectivity index (χ1n) is 8.14. The normalized spacial score (nSPS) is 10.5. The van der Waals surface area contributed by atoms with Crippen LogP contribution in [-0.4, -0.2) is 38.4 Å². The van der Waals surface area contributed by atoms with Gasteiger partial charge in [-0.2, -0.15) is 5.10 Å². The number of rotatable bonds is 6. The molecule has 0 radical (unpaired) electrons. The van der Waals surface area contributed by atoms with Crippen molar-refractivity contribution in [1.82, 2.24) is 20.1 Å². The number of H-pyrrole nitrogens is 1. The lowest BCUT2D eigenvalue weighted by Crippen LogP contribution is -2.38. The molecule has 0 saturated carbocycles. The van der Waals surface area contributed by atoms with E-state index < -0.39 is 5.91 Å². The average molecular weight is 349 g/mol. The van der Waals surface area contributed by atoms with Gasteiger partial charge in [-0.15, -0.1) is 0 Å². The van der Waals surface area contributed by atoms with Gasteiger partial charge in [-0.25, -0.2) is 4.98 Å². The number of carbonyl (C=O) groups excluding carboxylic acids is 2. The number of nitrogens with one attached hydrogen (secondary N) is 1. The number of nitrogens with zero attached hydrogens (tertiary/aromatic N) is 3. The van der Waals surface area contributed by atoms with E-state index in [0.717, 1.165) is 11.1 Å². The molecule has 132 valence electrons. The molecule has 0 aliphatic rings. The highest BCUT2D eigenvalue weighted by Gasteiger charge is 2.19. The van der Waals surface area contributed by atoms with Crippen LogP contribution in [0.1, 0.15) is 21.7 Å². The minimum Gasteiger partial charge on any atom is -0.368 e. The van der Waals surface area contributed by atoms with Gasteiger partial charge in [-0.05, 0) is 24.6 Å². The molecule has 0 unspecified atom stereocenters. The van der Waals surface area contributed by atoms with Crippen molar-refractivity contribution in [2.75, 3.05) is 6.54 Å². The van der Waals surface area contributed by atoms with Crippen LogP contribution in [0.4, 0.5) is 0 Å². The summed E-state index contributed by atoms with van der Waals surface area (Å²) in [5, 5.41) is 6.89. The Hall–Kier alpha value is -3.48. The fourth-order valence-corrected chi connectivity index (χ4v) is 2.64. The number of benzene rings is 2. The second-order valence-electron chi connectivity index (χ2n) is 5.94. The van der Waals surface area contributed by atoms with Gasteiger partial charge >= 0.3 is 0 Å². The Bertz CT molecular complexity index is 920. The lowest BCUT2D eigenvalue weighted by molar-refractivity contribution is -0.118. The maximum Gasteiger partial charge on any atom is 0.254 e. The van der Waals surface area contributed by atoms with E-state index >= 15 is 0 Å². The smallest absolute Gasteiger partial charge is 0.254 e. The van der Waals surface area contributed by atoms with Gasteiger partial charge in [0, 0.05) is 17.7 Å². The highest BCUT2D eigenvalue weighted by molar-refractivity contribution is 5.97. The van der Waals surface area contributed by atoms with E-state index in [0.29, 0.717) is 23.8 Å². The fourth-order valence-electron chi connectivity index (χ4n) is 2.64. The Morgan fingerprint density at radius 3 is 2.54 bits per heavy atom. The van der Waals surface area contributed by atoms with Crippen LogP contribution in [0.3, 0.4) is 0 Å². The first-order valence-corrected chi connectivity index (χ1v) is 8.14. The molecule has 7 heteroatoms. The van der Waals surface area contributed by atoms with Gasteiger partial charge in [0.1, 0.15) is 5.82 Å². The molecule has 0 spiro atoms. The van der Waals surface area contributed by atoms with E-state index in [4.69, 9.17) is 5.73 Å². The van der Waals surface area contributed by atoms with Crippen molar-refractivity contribution in [3.63, 3.8) is 0 Å². The molecule has 0 bridgehead atoms. The summed E-state index contributed by atoms with van der Waals surface area (Å²) >= 11 is 0. The summed E-state index contributed by atoms with van der Waals surface area (Å²) in [6, 6.07) is 16.5. The Morgan fingerprint density at radius 1 is 1.12 bits per heavy atom. The minimum atomic E-state index is -0.560. The molecule has 0 saturated heterocycles. The number of aromatic amines is 1. The molecular formula is C19H19N5O2. The molecule has 2 amide bonds. The van der Waals surface area contributed by atoms with E-state index in [1.807, 2.05) is 36.4 Å². The lowest BCUT2D eigenvalue weighted by atomic mass is 10.1. The number of nitrogens with two attached hydrogens (primary N) is 1. The topological polar surface area (TPSA) is 105 Å². The molecule has 0 atom stereocenters. The number of amides is 2. The summed E-state index contributed by atoms with van der Waals surface area (Å²) in [5.41, 5.74) is 7.42. The second kappa shape index (κ2) is 7.60. The minimum absolute atomic E-state index is 0.155. The van der Waals surface area contributed by atoms with E-state index in [-0.39, 0.29) is 12.5 Å². The quantitative estimate of drug-likeness (QED) is 0.709. The number of primary amides is 1. The number of carbonyl (C=O) groups is 2. The van der Waals surface area contributed by atoms with Gasteiger partial charge in [-0.1, -0.05) is 42.5 Å². The predicted octanol–water partition coefficient (Wildman–Crippen LogP) is 1.91. The van der Waals surface area contributed by atoms with Crippen LogP contribution < -0.4 is 5.73 Å². The summed E-state index contributed by atoms with van der Waals surface area (Å²) in [6.45, 7) is 1.95. The van der Waals surface area contributed by atoms with E-state index in [2.05, 4.69) is 15.2 Å². The summed E-state index contributed by atoms with van der Waals surface area (Å²) < 4.78 is 0. The largest absolute Gasteiger partial charge is 0.368 e. The first-order chi connectivity index (χ1) is 12.5.